The first-order valence-electron chi connectivity index (χ1n) is 6.42. The number of aliphatic hydroxyl groups excluding tert-OH is 2. The van der Waals surface area contributed by atoms with Gasteiger partial charge in [0.2, 0.25) is 0 Å². The summed E-state index contributed by atoms with van der Waals surface area (Å²) in [4.78, 5) is 12.9. The van der Waals surface area contributed by atoms with Gasteiger partial charge in [-0.2, -0.15) is 0 Å². The molecule has 2 N–H and O–H groups in total. The predicted octanol–water partition coefficient (Wildman–Crippen LogP) is 2.46. The fourth-order valence-corrected chi connectivity index (χ4v) is 2.72. The van der Waals surface area contributed by atoms with Crippen molar-refractivity contribution in [2.75, 3.05) is 12.9 Å². The van der Waals surface area contributed by atoms with Gasteiger partial charge in [-0.15, -0.1) is 11.8 Å². The first-order chi connectivity index (χ1) is 8.92. The fourth-order valence-electron chi connectivity index (χ4n) is 2.02. The normalized spacial score (nSPS) is 22.3. The number of ketones is 1. The van der Waals surface area contributed by atoms with Gasteiger partial charge in [-0.1, -0.05) is 38.2 Å². The molecule has 0 aliphatic heterocycles. The first kappa shape index (κ1) is 16.2. The zero-order valence-corrected chi connectivity index (χ0v) is 12.5. The molecular weight excluding hydrogens is 260 g/mol. The maximum absolute atomic E-state index is 12.1. The van der Waals surface area contributed by atoms with Gasteiger partial charge < -0.3 is 10.2 Å². The molecule has 0 bridgehead atoms. The summed E-state index contributed by atoms with van der Waals surface area (Å²) in [6.45, 7) is 4.10. The maximum Gasteiger partial charge on any atom is 0.195 e. The van der Waals surface area contributed by atoms with Gasteiger partial charge in [0.15, 0.2) is 5.78 Å². The highest BCUT2D eigenvalue weighted by molar-refractivity contribution is 8.03. The van der Waals surface area contributed by atoms with Crippen LogP contribution in [0.4, 0.5) is 0 Å². The van der Waals surface area contributed by atoms with Gasteiger partial charge in [0.25, 0.3) is 0 Å². The van der Waals surface area contributed by atoms with Crippen molar-refractivity contribution in [3.63, 3.8) is 0 Å². The summed E-state index contributed by atoms with van der Waals surface area (Å²) < 4.78 is 0. The Hall–Kier alpha value is -0.840. The summed E-state index contributed by atoms with van der Waals surface area (Å²) in [6.07, 6.45) is 9.59. The van der Waals surface area contributed by atoms with Crippen LogP contribution in [0.2, 0.25) is 0 Å². The molecule has 0 aromatic heterocycles. The lowest BCUT2D eigenvalue weighted by molar-refractivity contribution is -0.111. The Kier molecular flexibility index (Phi) is 6.04. The van der Waals surface area contributed by atoms with Crippen LogP contribution in [0.3, 0.4) is 0 Å². The SMILES string of the molecule is CSC1=CC(C)(C)C(=CC=CC(O)CCCO)C1=O. The van der Waals surface area contributed by atoms with Crippen molar-refractivity contribution in [2.45, 2.75) is 32.8 Å². The molecule has 0 spiro atoms. The Labute approximate surface area is 119 Å². The number of thioether (sulfide) groups is 1. The Morgan fingerprint density at radius 3 is 2.68 bits per heavy atom. The Balaban J connectivity index is 2.73. The van der Waals surface area contributed by atoms with Crippen LogP contribution in [-0.4, -0.2) is 35.0 Å². The molecule has 106 valence electrons. The van der Waals surface area contributed by atoms with Crippen LogP contribution in [0, 0.1) is 5.41 Å². The maximum atomic E-state index is 12.1. The highest BCUT2D eigenvalue weighted by Crippen LogP contribution is 2.41. The van der Waals surface area contributed by atoms with Crippen molar-refractivity contribution in [2.24, 2.45) is 5.41 Å². The van der Waals surface area contributed by atoms with Gasteiger partial charge >= 0.3 is 0 Å². The molecular formula is C15H22O3S. The third kappa shape index (κ3) is 4.34. The van der Waals surface area contributed by atoms with Crippen LogP contribution in [-0.2, 0) is 4.79 Å². The van der Waals surface area contributed by atoms with E-state index in [9.17, 15) is 9.90 Å². The molecule has 1 atom stereocenters. The quantitative estimate of drug-likeness (QED) is 0.735. The van der Waals surface area contributed by atoms with Crippen molar-refractivity contribution < 1.29 is 15.0 Å². The zero-order chi connectivity index (χ0) is 14.5. The molecule has 3 nitrogen and oxygen atoms in total. The second kappa shape index (κ2) is 7.08. The van der Waals surface area contributed by atoms with Crippen LogP contribution >= 0.6 is 11.8 Å². The molecule has 0 saturated carbocycles. The van der Waals surface area contributed by atoms with Crippen molar-refractivity contribution >= 4 is 17.5 Å². The van der Waals surface area contributed by atoms with E-state index in [-0.39, 0.29) is 17.8 Å². The number of Topliss-reactive ketones (excluding diaryl/α,β-unsaturated/α-hetero) is 1. The average molecular weight is 282 g/mol. The number of carbonyl (C=O) groups is 1. The molecule has 19 heavy (non-hydrogen) atoms. The van der Waals surface area contributed by atoms with E-state index in [4.69, 9.17) is 5.11 Å². The number of rotatable bonds is 6. The number of hydrogen-bond acceptors (Lipinski definition) is 4. The molecule has 0 heterocycles. The summed E-state index contributed by atoms with van der Waals surface area (Å²) in [6, 6.07) is 0. The van der Waals surface area contributed by atoms with Gasteiger partial charge in [0, 0.05) is 17.6 Å². The topological polar surface area (TPSA) is 57.5 Å². The molecule has 0 radical (unpaired) electrons. The van der Waals surface area contributed by atoms with E-state index in [0.29, 0.717) is 12.8 Å². The van der Waals surface area contributed by atoms with E-state index < -0.39 is 6.10 Å². The molecule has 0 fully saturated rings. The molecule has 1 aliphatic carbocycles. The number of allylic oxidation sites excluding steroid dienone is 5. The third-order valence-electron chi connectivity index (χ3n) is 3.13. The molecule has 0 saturated heterocycles. The minimum absolute atomic E-state index is 0.0759. The minimum Gasteiger partial charge on any atom is -0.396 e. The highest BCUT2D eigenvalue weighted by Gasteiger charge is 2.35. The van der Waals surface area contributed by atoms with Crippen LogP contribution in [0.1, 0.15) is 26.7 Å². The number of hydrogen-bond donors (Lipinski definition) is 2. The lowest BCUT2D eigenvalue weighted by Gasteiger charge is -2.15. The van der Waals surface area contributed by atoms with Crippen LogP contribution in [0.5, 0.6) is 0 Å². The van der Waals surface area contributed by atoms with E-state index in [0.717, 1.165) is 10.5 Å². The van der Waals surface area contributed by atoms with E-state index in [1.54, 1.807) is 18.2 Å². The monoisotopic (exact) mass is 282 g/mol. The molecule has 4 heteroatoms. The van der Waals surface area contributed by atoms with Gasteiger partial charge in [0.1, 0.15) is 0 Å². The fraction of sp³-hybridized carbons (Fsp3) is 0.533. The van der Waals surface area contributed by atoms with Crippen molar-refractivity contribution in [1.82, 2.24) is 0 Å². The van der Waals surface area contributed by atoms with Crippen molar-refractivity contribution in [1.29, 1.82) is 0 Å². The second-order valence-corrected chi connectivity index (χ2v) is 6.01. The summed E-state index contributed by atoms with van der Waals surface area (Å²) in [7, 11) is 0. The molecule has 0 amide bonds. The molecule has 0 aromatic carbocycles. The van der Waals surface area contributed by atoms with Crippen LogP contribution in [0.25, 0.3) is 0 Å². The first-order valence-corrected chi connectivity index (χ1v) is 7.64. The van der Waals surface area contributed by atoms with Crippen molar-refractivity contribution in [3.8, 4) is 0 Å². The second-order valence-electron chi connectivity index (χ2n) is 5.16. The van der Waals surface area contributed by atoms with Crippen LogP contribution < -0.4 is 0 Å². The van der Waals surface area contributed by atoms with Crippen LogP contribution in [0.15, 0.2) is 34.8 Å². The van der Waals surface area contributed by atoms with Crippen molar-refractivity contribution in [3.05, 3.63) is 34.8 Å². The van der Waals surface area contributed by atoms with Gasteiger partial charge in [-0.25, -0.2) is 0 Å². The molecule has 1 rings (SSSR count). The van der Waals surface area contributed by atoms with Gasteiger partial charge in [-0.05, 0) is 19.1 Å². The molecule has 1 aliphatic rings. The van der Waals surface area contributed by atoms with E-state index in [2.05, 4.69) is 0 Å². The average Bonchev–Trinajstić information content (AvgIpc) is 2.58. The Morgan fingerprint density at radius 2 is 2.16 bits per heavy atom. The Morgan fingerprint density at radius 1 is 1.47 bits per heavy atom. The van der Waals surface area contributed by atoms with Gasteiger partial charge in [0.05, 0.1) is 11.0 Å². The summed E-state index contributed by atoms with van der Waals surface area (Å²) in [5, 5.41) is 18.3. The lowest BCUT2D eigenvalue weighted by atomic mass is 9.87. The number of carbonyl (C=O) groups excluding carboxylic acids is 1. The molecule has 1 unspecified atom stereocenters. The third-order valence-corrected chi connectivity index (χ3v) is 3.87. The highest BCUT2D eigenvalue weighted by atomic mass is 32.2. The van der Waals surface area contributed by atoms with E-state index >= 15 is 0 Å². The smallest absolute Gasteiger partial charge is 0.195 e. The predicted molar refractivity (Wildman–Crippen MR) is 79.9 cm³/mol. The van der Waals surface area contributed by atoms with Gasteiger partial charge in [-0.3, -0.25) is 4.79 Å². The molecule has 0 aromatic rings. The largest absolute Gasteiger partial charge is 0.396 e. The summed E-state index contributed by atoms with van der Waals surface area (Å²) in [5.41, 5.74) is 0.498. The number of aliphatic hydroxyl groups is 2. The standard InChI is InChI=1S/C15H22O3S/c1-15(2)10-13(19-3)14(18)12(15)8-4-6-11(17)7-5-9-16/h4,6,8,10-11,16-17H,5,7,9H2,1-3H3. The van der Waals surface area contributed by atoms with E-state index in [1.165, 1.54) is 11.8 Å². The Bertz CT molecular complexity index is 419. The minimum atomic E-state index is -0.573. The summed E-state index contributed by atoms with van der Waals surface area (Å²) >= 11 is 1.47. The lowest BCUT2D eigenvalue weighted by Crippen LogP contribution is -2.11. The van der Waals surface area contributed by atoms with E-state index in [1.807, 2.05) is 26.2 Å². The summed E-state index contributed by atoms with van der Waals surface area (Å²) in [5.74, 6) is 0.0759. The zero-order valence-electron chi connectivity index (χ0n) is 11.7.